The van der Waals surface area contributed by atoms with Crippen LogP contribution in [0.2, 0.25) is 0 Å². The molecule has 0 bridgehead atoms. The number of thioether (sulfide) groups is 1. The van der Waals surface area contributed by atoms with Crippen LogP contribution in [0, 0.1) is 6.92 Å². The van der Waals surface area contributed by atoms with E-state index in [-0.39, 0.29) is 0 Å². The molecule has 2 heterocycles. The first kappa shape index (κ1) is 12.9. The van der Waals surface area contributed by atoms with Gasteiger partial charge in [-0.2, -0.15) is 0 Å². The molecule has 0 atom stereocenters. The van der Waals surface area contributed by atoms with Crippen LogP contribution in [0.5, 0.6) is 0 Å². The lowest BCUT2D eigenvalue weighted by molar-refractivity contribution is 0.913. The second-order valence-corrected chi connectivity index (χ2v) is 7.00. The van der Waals surface area contributed by atoms with Crippen LogP contribution in [0.25, 0.3) is 0 Å². The Hall–Kier alpha value is -1.07. The van der Waals surface area contributed by atoms with Crippen LogP contribution in [0.1, 0.15) is 24.0 Å². The number of aryl methyl sites for hydroxylation is 1. The zero-order valence-corrected chi connectivity index (χ0v) is 12.6. The Balaban J connectivity index is 1.59. The lowest BCUT2D eigenvalue weighted by Crippen LogP contribution is -2.17. The van der Waals surface area contributed by atoms with Crippen LogP contribution >= 0.6 is 23.1 Å². The van der Waals surface area contributed by atoms with Gasteiger partial charge < -0.3 is 4.90 Å². The Morgan fingerprint density at radius 2 is 1.89 bits per heavy atom. The molecule has 100 valence electrons. The smallest absolute Gasteiger partial charge is 0.209 e. The number of anilines is 1. The second-order valence-electron chi connectivity index (χ2n) is 4.82. The third kappa shape index (κ3) is 3.28. The molecule has 2 aromatic rings. The predicted octanol–water partition coefficient (Wildman–Crippen LogP) is 3.74. The number of hydrogen-bond donors (Lipinski definition) is 0. The van der Waals surface area contributed by atoms with Crippen molar-refractivity contribution in [2.75, 3.05) is 18.0 Å². The molecule has 3 rings (SSSR count). The Kier molecular flexibility index (Phi) is 4.03. The third-order valence-corrected chi connectivity index (χ3v) is 5.44. The average Bonchev–Trinajstić information content (AvgIpc) is 3.09. The number of benzene rings is 1. The van der Waals surface area contributed by atoms with Gasteiger partial charge in [-0.25, -0.2) is 0 Å². The standard InChI is InChI=1S/C14H17N3S2/c1-11-4-6-12(7-5-11)10-18-14-16-15-13(19-14)17-8-2-3-9-17/h4-7H,2-3,8-10H2,1H3. The van der Waals surface area contributed by atoms with Crippen LogP contribution < -0.4 is 4.90 Å². The quantitative estimate of drug-likeness (QED) is 0.803. The summed E-state index contributed by atoms with van der Waals surface area (Å²) in [5.74, 6) is 0.967. The molecule has 1 aliphatic rings. The van der Waals surface area contributed by atoms with Gasteiger partial charge in [-0.15, -0.1) is 10.2 Å². The Bertz CT molecular complexity index is 530. The molecule has 0 saturated carbocycles. The highest BCUT2D eigenvalue weighted by Gasteiger charge is 2.16. The molecule has 1 aromatic carbocycles. The summed E-state index contributed by atoms with van der Waals surface area (Å²) < 4.78 is 1.07. The maximum absolute atomic E-state index is 4.30. The van der Waals surface area contributed by atoms with Gasteiger partial charge in [-0.3, -0.25) is 0 Å². The molecule has 0 amide bonds. The van der Waals surface area contributed by atoms with Crippen LogP contribution in [0.4, 0.5) is 5.13 Å². The fraction of sp³-hybridized carbons (Fsp3) is 0.429. The summed E-state index contributed by atoms with van der Waals surface area (Å²) in [6.45, 7) is 4.39. The minimum atomic E-state index is 0.967. The zero-order valence-electron chi connectivity index (χ0n) is 11.0. The lowest BCUT2D eigenvalue weighted by Gasteiger charge is -2.10. The molecule has 1 fully saturated rings. The summed E-state index contributed by atoms with van der Waals surface area (Å²) in [6.07, 6.45) is 2.57. The van der Waals surface area contributed by atoms with E-state index in [2.05, 4.69) is 46.3 Å². The number of aromatic nitrogens is 2. The van der Waals surface area contributed by atoms with Crippen molar-refractivity contribution in [3.05, 3.63) is 35.4 Å². The van der Waals surface area contributed by atoms with Gasteiger partial charge in [-0.05, 0) is 25.3 Å². The first-order valence-corrected chi connectivity index (χ1v) is 8.38. The largest absolute Gasteiger partial charge is 0.347 e. The summed E-state index contributed by atoms with van der Waals surface area (Å²) in [5, 5.41) is 9.67. The van der Waals surface area contributed by atoms with Crippen molar-refractivity contribution in [3.63, 3.8) is 0 Å². The van der Waals surface area contributed by atoms with Gasteiger partial charge in [0, 0.05) is 18.8 Å². The average molecular weight is 291 g/mol. The first-order valence-electron chi connectivity index (χ1n) is 6.58. The molecule has 3 nitrogen and oxygen atoms in total. The molecule has 0 unspecified atom stereocenters. The van der Waals surface area contributed by atoms with Crippen LogP contribution in [0.15, 0.2) is 28.6 Å². The molecule has 5 heteroatoms. The lowest BCUT2D eigenvalue weighted by atomic mass is 10.2. The third-order valence-electron chi connectivity index (χ3n) is 3.26. The molecule has 1 aliphatic heterocycles. The Labute approximate surface area is 122 Å². The van der Waals surface area contributed by atoms with Gasteiger partial charge in [-0.1, -0.05) is 52.9 Å². The molecule has 0 aliphatic carbocycles. The fourth-order valence-corrected chi connectivity index (χ4v) is 3.97. The summed E-state index contributed by atoms with van der Waals surface area (Å²) >= 11 is 3.50. The van der Waals surface area contributed by atoms with E-state index >= 15 is 0 Å². The summed E-state index contributed by atoms with van der Waals surface area (Å²) in [7, 11) is 0. The number of nitrogens with zero attached hydrogens (tertiary/aromatic N) is 3. The van der Waals surface area contributed by atoms with Gasteiger partial charge in [0.2, 0.25) is 5.13 Å². The minimum absolute atomic E-state index is 0.967. The van der Waals surface area contributed by atoms with Gasteiger partial charge in [0.25, 0.3) is 0 Å². The summed E-state index contributed by atoms with van der Waals surface area (Å²) in [5.41, 5.74) is 2.65. The molecule has 1 saturated heterocycles. The fourth-order valence-electron chi connectivity index (χ4n) is 2.13. The number of hydrogen-bond acceptors (Lipinski definition) is 5. The maximum Gasteiger partial charge on any atom is 0.209 e. The van der Waals surface area contributed by atoms with Crippen LogP contribution in [-0.2, 0) is 5.75 Å². The highest BCUT2D eigenvalue weighted by molar-refractivity contribution is 8.00. The molecule has 0 spiro atoms. The van der Waals surface area contributed by atoms with E-state index in [9.17, 15) is 0 Å². The van der Waals surface area contributed by atoms with Crippen molar-refractivity contribution < 1.29 is 0 Å². The normalized spacial score (nSPS) is 15.1. The highest BCUT2D eigenvalue weighted by Crippen LogP contribution is 2.31. The summed E-state index contributed by atoms with van der Waals surface area (Å²) in [4.78, 5) is 2.34. The summed E-state index contributed by atoms with van der Waals surface area (Å²) in [6, 6.07) is 8.69. The maximum atomic E-state index is 4.30. The first-order chi connectivity index (χ1) is 9.31. The van der Waals surface area contributed by atoms with Gasteiger partial charge in [0.15, 0.2) is 4.34 Å². The van der Waals surface area contributed by atoms with Crippen LogP contribution in [-0.4, -0.2) is 23.3 Å². The van der Waals surface area contributed by atoms with Crippen LogP contribution in [0.3, 0.4) is 0 Å². The van der Waals surface area contributed by atoms with E-state index in [1.54, 1.807) is 23.1 Å². The van der Waals surface area contributed by atoms with Crippen molar-refractivity contribution in [3.8, 4) is 0 Å². The minimum Gasteiger partial charge on any atom is -0.347 e. The SMILES string of the molecule is Cc1ccc(CSc2nnc(N3CCCC3)s2)cc1. The van der Waals surface area contributed by atoms with E-state index in [1.807, 2.05) is 0 Å². The Morgan fingerprint density at radius 1 is 1.16 bits per heavy atom. The predicted molar refractivity (Wildman–Crippen MR) is 82.1 cm³/mol. The Morgan fingerprint density at radius 3 is 2.63 bits per heavy atom. The zero-order chi connectivity index (χ0) is 13.1. The monoisotopic (exact) mass is 291 g/mol. The molecule has 0 N–H and O–H groups in total. The second kappa shape index (κ2) is 5.92. The molecular formula is C14H17N3S2. The van der Waals surface area contributed by atoms with E-state index < -0.39 is 0 Å². The van der Waals surface area contributed by atoms with E-state index in [4.69, 9.17) is 0 Å². The van der Waals surface area contributed by atoms with Gasteiger partial charge in [0.05, 0.1) is 0 Å². The van der Waals surface area contributed by atoms with E-state index in [0.29, 0.717) is 0 Å². The topological polar surface area (TPSA) is 29.0 Å². The van der Waals surface area contributed by atoms with Crippen molar-refractivity contribution >= 4 is 28.2 Å². The number of rotatable bonds is 4. The molecular weight excluding hydrogens is 274 g/mol. The van der Waals surface area contributed by atoms with Crippen molar-refractivity contribution in [1.29, 1.82) is 0 Å². The van der Waals surface area contributed by atoms with E-state index in [1.165, 1.54) is 24.0 Å². The highest BCUT2D eigenvalue weighted by atomic mass is 32.2. The van der Waals surface area contributed by atoms with Crippen molar-refractivity contribution in [2.45, 2.75) is 29.9 Å². The molecule has 19 heavy (non-hydrogen) atoms. The van der Waals surface area contributed by atoms with Crippen molar-refractivity contribution in [1.82, 2.24) is 10.2 Å². The molecule has 1 aromatic heterocycles. The van der Waals surface area contributed by atoms with Gasteiger partial charge in [0.1, 0.15) is 0 Å². The van der Waals surface area contributed by atoms with E-state index in [0.717, 1.165) is 28.3 Å². The molecule has 0 radical (unpaired) electrons. The van der Waals surface area contributed by atoms with Crippen molar-refractivity contribution in [2.24, 2.45) is 0 Å². The van der Waals surface area contributed by atoms with Gasteiger partial charge >= 0.3 is 0 Å².